The first-order valence-corrected chi connectivity index (χ1v) is 13.3. The van der Waals surface area contributed by atoms with Crippen molar-refractivity contribution in [3.63, 3.8) is 0 Å². The molecule has 0 radical (unpaired) electrons. The van der Waals surface area contributed by atoms with Gasteiger partial charge in [0, 0.05) is 26.9 Å². The van der Waals surface area contributed by atoms with Gasteiger partial charge in [0.05, 0.1) is 41.1 Å². The van der Waals surface area contributed by atoms with Crippen LogP contribution in [0.15, 0.2) is 94.7 Å². The summed E-state index contributed by atoms with van der Waals surface area (Å²) >= 11 is 13.7. The molecule has 0 spiro atoms. The van der Waals surface area contributed by atoms with Crippen molar-refractivity contribution < 1.29 is 14.3 Å². The summed E-state index contributed by atoms with van der Waals surface area (Å²) in [4.78, 5) is 26.5. The molecule has 0 fully saturated rings. The third kappa shape index (κ3) is 5.89. The number of amides is 1. The van der Waals surface area contributed by atoms with E-state index < -0.39 is 11.8 Å². The second kappa shape index (κ2) is 12.2. The van der Waals surface area contributed by atoms with Gasteiger partial charge in [0.1, 0.15) is 5.75 Å². The zero-order valence-corrected chi connectivity index (χ0v) is 22.9. The Morgan fingerprint density at radius 2 is 1.74 bits per heavy atom. The number of para-hydroxylation sites is 2. The highest BCUT2D eigenvalue weighted by atomic mass is 35.5. The smallest absolute Gasteiger partial charge is 0.254 e. The van der Waals surface area contributed by atoms with Crippen LogP contribution in [0.1, 0.15) is 28.8 Å². The number of carbonyl (C=O) groups is 2. The first-order chi connectivity index (χ1) is 18.3. The molecule has 0 aliphatic carbocycles. The average Bonchev–Trinajstić information content (AvgIpc) is 2.92. The van der Waals surface area contributed by atoms with E-state index in [0.29, 0.717) is 54.5 Å². The standard InChI is InChI=1S/C29H23Cl2N3O3S/c1-17-26(28(36)34-23-9-5-6-10-25(23)37-2)27(20-7-3-4-8-22(20)31)21(15-32)29(33-17)38-16-24(35)18-11-13-19(30)14-12-18/h3-14,27,33H,16H2,1-2H3,(H,34,36)/t27-/m1/s1. The lowest BCUT2D eigenvalue weighted by atomic mass is 9.82. The number of halogens is 2. The maximum atomic E-state index is 13.7. The molecule has 1 aliphatic rings. The van der Waals surface area contributed by atoms with Crippen molar-refractivity contribution in [2.24, 2.45) is 0 Å². The molecule has 38 heavy (non-hydrogen) atoms. The summed E-state index contributed by atoms with van der Waals surface area (Å²) in [5.41, 5.74) is 2.80. The predicted octanol–water partition coefficient (Wildman–Crippen LogP) is 6.95. The number of dihydropyridines is 1. The minimum Gasteiger partial charge on any atom is -0.495 e. The van der Waals surface area contributed by atoms with E-state index in [1.54, 1.807) is 79.7 Å². The van der Waals surface area contributed by atoms with E-state index in [9.17, 15) is 14.9 Å². The quantitative estimate of drug-likeness (QED) is 0.288. The fraction of sp³-hybridized carbons (Fsp3) is 0.138. The van der Waals surface area contributed by atoms with Gasteiger partial charge in [-0.25, -0.2) is 0 Å². The van der Waals surface area contributed by atoms with Gasteiger partial charge >= 0.3 is 0 Å². The SMILES string of the molecule is COc1ccccc1NC(=O)C1=C(C)NC(SCC(=O)c2ccc(Cl)cc2)=C(C#N)[C@H]1c1ccccc1Cl. The molecule has 1 aliphatic heterocycles. The molecule has 3 aromatic rings. The number of methoxy groups -OCH3 is 1. The number of nitrogens with zero attached hydrogens (tertiary/aromatic N) is 1. The van der Waals surface area contributed by atoms with Crippen molar-refractivity contribution in [1.82, 2.24) is 5.32 Å². The summed E-state index contributed by atoms with van der Waals surface area (Å²) in [6.45, 7) is 1.76. The monoisotopic (exact) mass is 563 g/mol. The fourth-order valence-electron chi connectivity index (χ4n) is 4.14. The third-order valence-corrected chi connectivity index (χ3v) is 7.59. The van der Waals surface area contributed by atoms with Gasteiger partial charge in [0.2, 0.25) is 0 Å². The topological polar surface area (TPSA) is 91.2 Å². The molecule has 1 heterocycles. The number of ether oxygens (including phenoxy) is 1. The zero-order valence-electron chi connectivity index (χ0n) is 20.5. The summed E-state index contributed by atoms with van der Waals surface area (Å²) < 4.78 is 5.38. The van der Waals surface area contributed by atoms with Crippen LogP contribution in [-0.2, 0) is 4.79 Å². The normalized spacial score (nSPS) is 15.0. The molecule has 6 nitrogen and oxygen atoms in total. The van der Waals surface area contributed by atoms with E-state index in [2.05, 4.69) is 16.7 Å². The van der Waals surface area contributed by atoms with Crippen LogP contribution in [0.2, 0.25) is 10.0 Å². The Labute approximate surface area is 235 Å². The van der Waals surface area contributed by atoms with Crippen LogP contribution in [0.5, 0.6) is 5.75 Å². The summed E-state index contributed by atoms with van der Waals surface area (Å²) in [5, 5.41) is 17.8. The first kappa shape index (κ1) is 27.3. The number of nitriles is 1. The highest BCUT2D eigenvalue weighted by molar-refractivity contribution is 8.03. The molecule has 0 saturated heterocycles. The highest BCUT2D eigenvalue weighted by Crippen LogP contribution is 2.43. The number of allylic oxidation sites excluding steroid dienone is 2. The third-order valence-electron chi connectivity index (χ3n) is 5.98. The van der Waals surface area contributed by atoms with E-state index in [4.69, 9.17) is 27.9 Å². The van der Waals surface area contributed by atoms with Gasteiger partial charge < -0.3 is 15.4 Å². The van der Waals surface area contributed by atoms with E-state index in [1.807, 2.05) is 0 Å². The molecule has 2 N–H and O–H groups in total. The molecule has 0 bridgehead atoms. The number of anilines is 1. The summed E-state index contributed by atoms with van der Waals surface area (Å²) in [7, 11) is 1.52. The largest absolute Gasteiger partial charge is 0.495 e. The molecule has 4 rings (SSSR count). The second-order valence-electron chi connectivity index (χ2n) is 8.35. The molecule has 0 aromatic heterocycles. The summed E-state index contributed by atoms with van der Waals surface area (Å²) in [6, 6.07) is 23.1. The van der Waals surface area contributed by atoms with Gasteiger partial charge in [-0.05, 0) is 55.0 Å². The van der Waals surface area contributed by atoms with Gasteiger partial charge in [0.25, 0.3) is 5.91 Å². The van der Waals surface area contributed by atoms with Crippen LogP contribution in [0.25, 0.3) is 0 Å². The first-order valence-electron chi connectivity index (χ1n) is 11.6. The Morgan fingerprint density at radius 3 is 2.42 bits per heavy atom. The number of Topliss-reactive ketones (excluding diaryl/α,β-unsaturated/α-hetero) is 1. The molecule has 3 aromatic carbocycles. The Morgan fingerprint density at radius 1 is 1.05 bits per heavy atom. The molecule has 1 amide bonds. The van der Waals surface area contributed by atoms with Crippen LogP contribution >= 0.6 is 35.0 Å². The number of carbonyl (C=O) groups excluding carboxylic acids is 2. The zero-order chi connectivity index (χ0) is 27.2. The highest BCUT2D eigenvalue weighted by Gasteiger charge is 2.36. The van der Waals surface area contributed by atoms with E-state index >= 15 is 0 Å². The molecule has 9 heteroatoms. The Kier molecular flexibility index (Phi) is 8.80. The van der Waals surface area contributed by atoms with Crippen molar-refractivity contribution in [3.05, 3.63) is 116 Å². The molecule has 1 atom stereocenters. The number of thioether (sulfide) groups is 1. The van der Waals surface area contributed by atoms with Gasteiger partial charge in [-0.1, -0.05) is 65.3 Å². The molecule has 192 valence electrons. The maximum absolute atomic E-state index is 13.7. The van der Waals surface area contributed by atoms with Crippen LogP contribution in [-0.4, -0.2) is 24.6 Å². The van der Waals surface area contributed by atoms with Crippen LogP contribution in [0, 0.1) is 11.3 Å². The molecule has 0 saturated carbocycles. The molecular formula is C29H23Cl2N3O3S. The Balaban J connectivity index is 1.70. The number of rotatable bonds is 8. The van der Waals surface area contributed by atoms with Crippen molar-refractivity contribution in [3.8, 4) is 11.8 Å². The lowest BCUT2D eigenvalue weighted by molar-refractivity contribution is -0.113. The van der Waals surface area contributed by atoms with Crippen LogP contribution in [0.4, 0.5) is 5.69 Å². The number of hydrogen-bond donors (Lipinski definition) is 2. The van der Waals surface area contributed by atoms with Gasteiger partial charge in [-0.3, -0.25) is 9.59 Å². The average molecular weight is 564 g/mol. The lowest BCUT2D eigenvalue weighted by Gasteiger charge is -2.30. The minimum absolute atomic E-state index is 0.0837. The molecular weight excluding hydrogens is 541 g/mol. The summed E-state index contributed by atoms with van der Waals surface area (Å²) in [6.07, 6.45) is 0. The summed E-state index contributed by atoms with van der Waals surface area (Å²) in [5.74, 6) is -0.684. The number of nitrogens with one attached hydrogen (secondary N) is 2. The lowest BCUT2D eigenvalue weighted by Crippen LogP contribution is -2.31. The van der Waals surface area contributed by atoms with E-state index in [1.165, 1.54) is 18.9 Å². The molecule has 0 unspecified atom stereocenters. The van der Waals surface area contributed by atoms with Crippen LogP contribution in [0.3, 0.4) is 0 Å². The number of ketones is 1. The maximum Gasteiger partial charge on any atom is 0.254 e. The Hall–Kier alpha value is -3.70. The van der Waals surface area contributed by atoms with Gasteiger partial charge in [-0.15, -0.1) is 0 Å². The van der Waals surface area contributed by atoms with Crippen molar-refractivity contribution in [2.75, 3.05) is 18.2 Å². The van der Waals surface area contributed by atoms with E-state index in [0.717, 1.165) is 0 Å². The number of benzene rings is 3. The van der Waals surface area contributed by atoms with Crippen LogP contribution < -0.4 is 15.4 Å². The fourth-order valence-corrected chi connectivity index (χ4v) is 5.50. The second-order valence-corrected chi connectivity index (χ2v) is 10.2. The van der Waals surface area contributed by atoms with Crippen molar-refractivity contribution in [1.29, 1.82) is 5.26 Å². The van der Waals surface area contributed by atoms with Crippen molar-refractivity contribution in [2.45, 2.75) is 12.8 Å². The van der Waals surface area contributed by atoms with E-state index in [-0.39, 0.29) is 11.5 Å². The van der Waals surface area contributed by atoms with Crippen molar-refractivity contribution >= 4 is 52.3 Å². The Bertz CT molecular complexity index is 1490. The minimum atomic E-state index is -0.752. The predicted molar refractivity (Wildman–Crippen MR) is 153 cm³/mol. The van der Waals surface area contributed by atoms with Gasteiger partial charge in [-0.2, -0.15) is 5.26 Å². The van der Waals surface area contributed by atoms with Gasteiger partial charge in [0.15, 0.2) is 5.78 Å². The number of hydrogen-bond acceptors (Lipinski definition) is 6.